The van der Waals surface area contributed by atoms with Crippen LogP contribution in [-0.4, -0.2) is 29.2 Å². The molecule has 0 radical (unpaired) electrons. The van der Waals surface area contributed by atoms with Crippen LogP contribution >= 0.6 is 0 Å². The minimum Gasteiger partial charge on any atom is -0.395 e. The molecule has 0 bridgehead atoms. The van der Waals surface area contributed by atoms with Gasteiger partial charge in [-0.25, -0.2) is 4.39 Å². The molecule has 112 valence electrons. The predicted molar refractivity (Wildman–Crippen MR) is 80.8 cm³/mol. The fourth-order valence-corrected chi connectivity index (χ4v) is 1.95. The van der Waals surface area contributed by atoms with Crippen molar-refractivity contribution < 1.29 is 9.50 Å². The third-order valence-electron chi connectivity index (χ3n) is 3.15. The van der Waals surface area contributed by atoms with Crippen molar-refractivity contribution in [2.24, 2.45) is 0 Å². The summed E-state index contributed by atoms with van der Waals surface area (Å²) in [6.07, 6.45) is 0.836. The fourth-order valence-electron chi connectivity index (χ4n) is 1.95. The van der Waals surface area contributed by atoms with Crippen LogP contribution in [0, 0.1) is 29.0 Å². The second kappa shape index (κ2) is 9.13. The molecule has 4 heteroatoms. The highest BCUT2D eigenvalue weighted by Gasteiger charge is 2.12. The molecule has 1 aromatic rings. The Morgan fingerprint density at radius 2 is 2.10 bits per heavy atom. The molecule has 0 unspecified atom stereocenters. The summed E-state index contributed by atoms with van der Waals surface area (Å²) in [7, 11) is 0. The number of hydrogen-bond acceptors (Lipinski definition) is 3. The third kappa shape index (κ3) is 5.95. The Balaban J connectivity index is 2.95. The summed E-state index contributed by atoms with van der Waals surface area (Å²) in [5, 5.41) is 17.5. The number of nitriles is 1. The first-order valence-electron chi connectivity index (χ1n) is 7.07. The molecule has 0 aromatic heterocycles. The highest BCUT2D eigenvalue weighted by atomic mass is 19.1. The molecule has 1 rings (SSSR count). The van der Waals surface area contributed by atoms with Crippen molar-refractivity contribution in [3.05, 3.63) is 35.1 Å². The lowest BCUT2D eigenvalue weighted by Crippen LogP contribution is -2.31. The van der Waals surface area contributed by atoms with Crippen molar-refractivity contribution in [3.63, 3.8) is 0 Å². The Hall–Kier alpha value is -1.88. The standard InChI is InChI=1S/C17H21FN2O/c1-14(2)20(10-5-9-19)13-16-7-8-17(18)12-15(16)6-3-4-11-21/h7-8,12,14,21H,4-5,10-11,13H2,1-2H3. The summed E-state index contributed by atoms with van der Waals surface area (Å²) >= 11 is 0. The molecule has 0 saturated carbocycles. The molecule has 1 aromatic carbocycles. The molecular formula is C17H21FN2O. The number of aliphatic hydroxyl groups excluding tert-OH is 1. The van der Waals surface area contributed by atoms with Crippen LogP contribution in [0.5, 0.6) is 0 Å². The van der Waals surface area contributed by atoms with E-state index in [1.165, 1.54) is 12.1 Å². The van der Waals surface area contributed by atoms with Crippen LogP contribution in [0.3, 0.4) is 0 Å². The number of halogens is 1. The zero-order chi connectivity index (χ0) is 15.7. The lowest BCUT2D eigenvalue weighted by molar-refractivity contribution is 0.217. The van der Waals surface area contributed by atoms with Crippen LogP contribution < -0.4 is 0 Å². The summed E-state index contributed by atoms with van der Waals surface area (Å²) in [5.74, 6) is 5.42. The van der Waals surface area contributed by atoms with Gasteiger partial charge in [0.2, 0.25) is 0 Å². The van der Waals surface area contributed by atoms with Gasteiger partial charge in [0.15, 0.2) is 0 Å². The Labute approximate surface area is 126 Å². The van der Waals surface area contributed by atoms with Gasteiger partial charge in [0, 0.05) is 37.5 Å². The van der Waals surface area contributed by atoms with Gasteiger partial charge < -0.3 is 5.11 Å². The van der Waals surface area contributed by atoms with Crippen LogP contribution in [-0.2, 0) is 6.54 Å². The van der Waals surface area contributed by atoms with Crippen molar-refractivity contribution in [2.75, 3.05) is 13.2 Å². The summed E-state index contributed by atoms with van der Waals surface area (Å²) in [6, 6.07) is 7.02. The van der Waals surface area contributed by atoms with Crippen LogP contribution in [0.2, 0.25) is 0 Å². The molecule has 3 nitrogen and oxygen atoms in total. The fraction of sp³-hybridized carbons (Fsp3) is 0.471. The normalized spacial score (nSPS) is 10.3. The summed E-state index contributed by atoms with van der Waals surface area (Å²) in [6.45, 7) is 5.44. The first kappa shape index (κ1) is 17.2. The molecule has 0 atom stereocenters. The monoisotopic (exact) mass is 288 g/mol. The van der Waals surface area contributed by atoms with Crippen molar-refractivity contribution in [2.45, 2.75) is 39.3 Å². The highest BCUT2D eigenvalue weighted by Crippen LogP contribution is 2.15. The maximum Gasteiger partial charge on any atom is 0.124 e. The number of rotatable bonds is 6. The summed E-state index contributed by atoms with van der Waals surface area (Å²) in [4.78, 5) is 2.16. The molecule has 0 aliphatic carbocycles. The second-order valence-corrected chi connectivity index (χ2v) is 5.05. The van der Waals surface area contributed by atoms with E-state index in [0.29, 0.717) is 37.5 Å². The quantitative estimate of drug-likeness (QED) is 0.819. The molecule has 0 aliphatic heterocycles. The molecule has 0 saturated heterocycles. The van der Waals surface area contributed by atoms with Crippen LogP contribution in [0.1, 0.15) is 37.8 Å². The van der Waals surface area contributed by atoms with E-state index >= 15 is 0 Å². The van der Waals surface area contributed by atoms with Gasteiger partial charge in [-0.15, -0.1) is 0 Å². The van der Waals surface area contributed by atoms with E-state index in [9.17, 15) is 4.39 Å². The minimum absolute atomic E-state index is 0.00205. The lowest BCUT2D eigenvalue weighted by atomic mass is 10.1. The van der Waals surface area contributed by atoms with Crippen molar-refractivity contribution >= 4 is 0 Å². The van der Waals surface area contributed by atoms with E-state index in [1.54, 1.807) is 6.07 Å². The van der Waals surface area contributed by atoms with Gasteiger partial charge in [0.1, 0.15) is 5.82 Å². The Morgan fingerprint density at radius 3 is 2.71 bits per heavy atom. The maximum absolute atomic E-state index is 13.4. The number of benzene rings is 1. The second-order valence-electron chi connectivity index (χ2n) is 5.05. The van der Waals surface area contributed by atoms with E-state index in [1.807, 2.05) is 0 Å². The number of hydrogen-bond donors (Lipinski definition) is 1. The van der Waals surface area contributed by atoms with Crippen molar-refractivity contribution in [3.8, 4) is 17.9 Å². The molecule has 0 spiro atoms. The van der Waals surface area contributed by atoms with Gasteiger partial charge in [-0.05, 0) is 31.5 Å². The van der Waals surface area contributed by atoms with E-state index < -0.39 is 0 Å². The average molecular weight is 288 g/mol. The van der Waals surface area contributed by atoms with E-state index in [2.05, 4.69) is 36.7 Å². The molecular weight excluding hydrogens is 267 g/mol. The van der Waals surface area contributed by atoms with Gasteiger partial charge in [-0.3, -0.25) is 4.90 Å². The zero-order valence-corrected chi connectivity index (χ0v) is 12.6. The molecule has 0 fully saturated rings. The third-order valence-corrected chi connectivity index (χ3v) is 3.15. The van der Waals surface area contributed by atoms with Gasteiger partial charge in [0.05, 0.1) is 12.7 Å². The Morgan fingerprint density at radius 1 is 1.33 bits per heavy atom. The van der Waals surface area contributed by atoms with Gasteiger partial charge in [-0.1, -0.05) is 17.9 Å². The highest BCUT2D eigenvalue weighted by molar-refractivity contribution is 5.41. The first-order chi connectivity index (χ1) is 10.1. The van der Waals surface area contributed by atoms with Gasteiger partial charge in [0.25, 0.3) is 0 Å². The molecule has 0 aliphatic rings. The zero-order valence-electron chi connectivity index (χ0n) is 12.6. The smallest absolute Gasteiger partial charge is 0.124 e. The van der Waals surface area contributed by atoms with E-state index in [4.69, 9.17) is 10.4 Å². The Bertz CT molecular complexity index is 552. The summed E-state index contributed by atoms with van der Waals surface area (Å²) < 4.78 is 13.4. The molecule has 1 N–H and O–H groups in total. The van der Waals surface area contributed by atoms with Crippen LogP contribution in [0.15, 0.2) is 18.2 Å². The Kier molecular flexibility index (Phi) is 7.46. The van der Waals surface area contributed by atoms with Crippen LogP contribution in [0.4, 0.5) is 4.39 Å². The largest absolute Gasteiger partial charge is 0.395 e. The molecule has 21 heavy (non-hydrogen) atoms. The number of aliphatic hydroxyl groups is 1. The predicted octanol–water partition coefficient (Wildman–Crippen LogP) is 2.68. The topological polar surface area (TPSA) is 47.3 Å². The van der Waals surface area contributed by atoms with Crippen LogP contribution in [0.25, 0.3) is 0 Å². The van der Waals surface area contributed by atoms with E-state index in [-0.39, 0.29) is 12.4 Å². The molecule has 0 amide bonds. The van der Waals surface area contributed by atoms with E-state index in [0.717, 1.165) is 5.56 Å². The number of nitrogens with zero attached hydrogens (tertiary/aromatic N) is 2. The van der Waals surface area contributed by atoms with Gasteiger partial charge in [-0.2, -0.15) is 5.26 Å². The van der Waals surface area contributed by atoms with Crippen molar-refractivity contribution in [1.82, 2.24) is 4.90 Å². The lowest BCUT2D eigenvalue weighted by Gasteiger charge is -2.26. The van der Waals surface area contributed by atoms with Crippen molar-refractivity contribution in [1.29, 1.82) is 5.26 Å². The average Bonchev–Trinajstić information content (AvgIpc) is 2.45. The summed E-state index contributed by atoms with van der Waals surface area (Å²) in [5.41, 5.74) is 1.58. The maximum atomic E-state index is 13.4. The molecule has 0 heterocycles. The first-order valence-corrected chi connectivity index (χ1v) is 7.07. The SMILES string of the molecule is CC(C)N(CCC#N)Cc1ccc(F)cc1C#CCCO. The van der Waals surface area contributed by atoms with Gasteiger partial charge >= 0.3 is 0 Å². The minimum atomic E-state index is -0.319.